The summed E-state index contributed by atoms with van der Waals surface area (Å²) < 4.78 is 0. The summed E-state index contributed by atoms with van der Waals surface area (Å²) in [7, 11) is 4.10. The average molecular weight is 350 g/mol. The highest BCUT2D eigenvalue weighted by Crippen LogP contribution is 2.43. The molecule has 3 nitrogen and oxygen atoms in total. The van der Waals surface area contributed by atoms with Gasteiger partial charge < -0.3 is 9.80 Å². The van der Waals surface area contributed by atoms with Gasteiger partial charge in [0.25, 0.3) is 0 Å². The van der Waals surface area contributed by atoms with Gasteiger partial charge in [0, 0.05) is 43.8 Å². The van der Waals surface area contributed by atoms with Crippen LogP contribution < -0.4 is 9.80 Å². The first-order valence-electron chi connectivity index (χ1n) is 9.55. The van der Waals surface area contributed by atoms with Gasteiger partial charge in [0.1, 0.15) is 0 Å². The number of rotatable bonds is 4. The molecule has 0 amide bonds. The zero-order valence-corrected chi connectivity index (χ0v) is 17.0. The molecule has 1 aliphatic heterocycles. The summed E-state index contributed by atoms with van der Waals surface area (Å²) in [5.41, 5.74) is 6.38. The maximum absolute atomic E-state index is 4.66. The summed E-state index contributed by atoms with van der Waals surface area (Å²) in [6.45, 7) is 10.3. The van der Waals surface area contributed by atoms with Gasteiger partial charge in [-0.05, 0) is 80.6 Å². The second-order valence-corrected chi connectivity index (χ2v) is 8.15. The van der Waals surface area contributed by atoms with Crippen LogP contribution >= 0.6 is 0 Å². The lowest BCUT2D eigenvalue weighted by Gasteiger charge is -2.47. The molecule has 1 heterocycles. The molecule has 0 radical (unpaired) electrons. The van der Waals surface area contributed by atoms with Crippen LogP contribution in [0.3, 0.4) is 0 Å². The average Bonchev–Trinajstić information content (AvgIpc) is 2.60. The molecule has 0 unspecified atom stereocenters. The van der Waals surface area contributed by atoms with E-state index in [4.69, 9.17) is 0 Å². The number of benzene rings is 2. The smallest absolute Gasteiger partial charge is 0.0631 e. The molecule has 0 aliphatic carbocycles. The maximum atomic E-state index is 4.66. The number of fused-ring (bicyclic) bond motifs is 1. The predicted octanol–water partition coefficient (Wildman–Crippen LogP) is 5.62. The van der Waals surface area contributed by atoms with E-state index in [0.717, 1.165) is 12.2 Å². The van der Waals surface area contributed by atoms with E-state index in [0.29, 0.717) is 5.92 Å². The molecule has 3 rings (SSSR count). The first-order chi connectivity index (χ1) is 12.3. The molecule has 1 aliphatic rings. The van der Waals surface area contributed by atoms with Gasteiger partial charge in [0.15, 0.2) is 0 Å². The molecular weight excluding hydrogens is 318 g/mol. The highest BCUT2D eigenvalue weighted by atomic mass is 15.2. The van der Waals surface area contributed by atoms with Crippen LogP contribution in [0, 0.1) is 0 Å². The Labute approximate surface area is 158 Å². The van der Waals surface area contributed by atoms with Crippen LogP contribution in [0.2, 0.25) is 0 Å². The Kier molecular flexibility index (Phi) is 5.08. The second kappa shape index (κ2) is 7.14. The van der Waals surface area contributed by atoms with Crippen molar-refractivity contribution in [1.29, 1.82) is 0 Å². The van der Waals surface area contributed by atoms with Crippen molar-refractivity contribution in [2.75, 3.05) is 30.4 Å². The fraction of sp³-hybridized carbons (Fsp3) is 0.435. The monoisotopic (exact) mass is 349 g/mol. The topological polar surface area (TPSA) is 18.8 Å². The Hall–Kier alpha value is -2.29. The number of hydrogen-bond donors (Lipinski definition) is 0. The van der Waals surface area contributed by atoms with Crippen LogP contribution in [-0.4, -0.2) is 32.4 Å². The molecule has 0 fully saturated rings. The van der Waals surface area contributed by atoms with Crippen LogP contribution in [0.4, 0.5) is 17.1 Å². The van der Waals surface area contributed by atoms with E-state index in [-0.39, 0.29) is 5.54 Å². The minimum atomic E-state index is 0.213. The number of hydrogen-bond acceptors (Lipinski definition) is 3. The number of anilines is 2. The van der Waals surface area contributed by atoms with Crippen LogP contribution in [-0.2, 0) is 0 Å². The van der Waals surface area contributed by atoms with E-state index in [1.165, 1.54) is 28.9 Å². The summed E-state index contributed by atoms with van der Waals surface area (Å²) in [6.07, 6.45) is 3.16. The van der Waals surface area contributed by atoms with E-state index in [9.17, 15) is 0 Å². The van der Waals surface area contributed by atoms with Crippen molar-refractivity contribution in [3.63, 3.8) is 0 Å². The quantitative estimate of drug-likeness (QED) is 0.668. The first-order valence-corrected chi connectivity index (χ1v) is 9.55. The van der Waals surface area contributed by atoms with E-state index >= 15 is 0 Å². The van der Waals surface area contributed by atoms with E-state index in [1.807, 2.05) is 20.3 Å². The van der Waals surface area contributed by atoms with Gasteiger partial charge in [-0.15, -0.1) is 0 Å². The first kappa shape index (κ1) is 18.5. The number of aliphatic imine (C=N–C) groups is 1. The van der Waals surface area contributed by atoms with Gasteiger partial charge in [0.2, 0.25) is 0 Å². The van der Waals surface area contributed by atoms with Gasteiger partial charge in [0.05, 0.1) is 5.69 Å². The Balaban J connectivity index is 1.86. The van der Waals surface area contributed by atoms with E-state index in [2.05, 4.69) is 85.0 Å². The van der Waals surface area contributed by atoms with Crippen molar-refractivity contribution < 1.29 is 0 Å². The molecule has 26 heavy (non-hydrogen) atoms. The highest BCUT2D eigenvalue weighted by molar-refractivity contribution is 5.84. The fourth-order valence-corrected chi connectivity index (χ4v) is 4.17. The lowest BCUT2D eigenvalue weighted by molar-refractivity contribution is 0.381. The zero-order valence-electron chi connectivity index (χ0n) is 17.0. The molecule has 0 spiro atoms. The van der Waals surface area contributed by atoms with Crippen LogP contribution in [0.25, 0.3) is 0 Å². The van der Waals surface area contributed by atoms with Gasteiger partial charge in [-0.1, -0.05) is 13.0 Å². The minimum Gasteiger partial charge on any atom is -0.378 e. The normalized spacial score (nSPS) is 18.8. The third kappa shape index (κ3) is 3.62. The van der Waals surface area contributed by atoms with Gasteiger partial charge in [-0.3, -0.25) is 4.99 Å². The van der Waals surface area contributed by atoms with E-state index < -0.39 is 0 Å². The summed E-state index contributed by atoms with van der Waals surface area (Å²) >= 11 is 0. The molecule has 138 valence electrons. The molecule has 0 saturated heterocycles. The summed E-state index contributed by atoms with van der Waals surface area (Å²) in [6, 6.07) is 15.1. The third-order valence-electron chi connectivity index (χ3n) is 5.45. The van der Waals surface area contributed by atoms with Crippen molar-refractivity contribution in [1.82, 2.24) is 0 Å². The van der Waals surface area contributed by atoms with Crippen LogP contribution in [0.5, 0.6) is 0 Å². The Bertz CT molecular complexity index is 788. The SMILES string of the molecule is CCN1c2ccc(C=Nc3ccc(N(C)C)cc3)cc2[C@H](C)CC1(C)C. The largest absolute Gasteiger partial charge is 0.378 e. The molecule has 0 N–H and O–H groups in total. The minimum absolute atomic E-state index is 0.213. The van der Waals surface area contributed by atoms with Crippen molar-refractivity contribution in [3.05, 3.63) is 53.6 Å². The summed E-state index contributed by atoms with van der Waals surface area (Å²) in [5, 5.41) is 0. The molecule has 2 aromatic carbocycles. The van der Waals surface area contributed by atoms with Crippen LogP contribution in [0.1, 0.15) is 51.2 Å². The van der Waals surface area contributed by atoms with Gasteiger partial charge >= 0.3 is 0 Å². The molecule has 3 heteroatoms. The summed E-state index contributed by atoms with van der Waals surface area (Å²) in [4.78, 5) is 9.29. The lowest BCUT2D eigenvalue weighted by atomic mass is 9.79. The zero-order chi connectivity index (χ0) is 18.9. The molecule has 0 saturated carbocycles. The lowest BCUT2D eigenvalue weighted by Crippen LogP contribution is -2.48. The number of nitrogens with zero attached hydrogens (tertiary/aromatic N) is 3. The van der Waals surface area contributed by atoms with E-state index in [1.54, 1.807) is 0 Å². The third-order valence-corrected chi connectivity index (χ3v) is 5.45. The van der Waals surface area contributed by atoms with Crippen molar-refractivity contribution in [2.45, 2.75) is 45.6 Å². The van der Waals surface area contributed by atoms with Crippen molar-refractivity contribution in [2.24, 2.45) is 4.99 Å². The maximum Gasteiger partial charge on any atom is 0.0631 e. The predicted molar refractivity (Wildman–Crippen MR) is 115 cm³/mol. The van der Waals surface area contributed by atoms with Crippen molar-refractivity contribution >= 4 is 23.3 Å². The Morgan fingerprint density at radius 1 is 1.15 bits per heavy atom. The Morgan fingerprint density at radius 2 is 1.85 bits per heavy atom. The molecule has 2 aromatic rings. The summed E-state index contributed by atoms with van der Waals surface area (Å²) in [5.74, 6) is 0.565. The second-order valence-electron chi connectivity index (χ2n) is 8.15. The molecule has 0 aromatic heterocycles. The standard InChI is InChI=1S/C23H31N3/c1-7-26-22-13-8-18(14-21(22)17(2)15-23(26,3)4)16-24-19-9-11-20(12-10-19)25(5)6/h8-14,16-17H,7,15H2,1-6H3/t17-/m1/s1. The van der Waals surface area contributed by atoms with Gasteiger partial charge in [-0.25, -0.2) is 0 Å². The van der Waals surface area contributed by atoms with Crippen molar-refractivity contribution in [3.8, 4) is 0 Å². The highest BCUT2D eigenvalue weighted by Gasteiger charge is 2.35. The fourth-order valence-electron chi connectivity index (χ4n) is 4.17. The molecule has 1 atom stereocenters. The molecular formula is C23H31N3. The Morgan fingerprint density at radius 3 is 2.46 bits per heavy atom. The van der Waals surface area contributed by atoms with Crippen LogP contribution in [0.15, 0.2) is 47.5 Å². The van der Waals surface area contributed by atoms with Gasteiger partial charge in [-0.2, -0.15) is 0 Å². The molecule has 0 bridgehead atoms.